The first-order valence-electron chi connectivity index (χ1n) is 8.96. The van der Waals surface area contributed by atoms with Crippen LogP contribution in [0.5, 0.6) is 0 Å². The van der Waals surface area contributed by atoms with Crippen molar-refractivity contribution in [1.82, 2.24) is 19.9 Å². The van der Waals surface area contributed by atoms with E-state index in [1.807, 2.05) is 0 Å². The first kappa shape index (κ1) is 22.5. The maximum Gasteiger partial charge on any atom is 0.433 e. The number of rotatable bonds is 5. The van der Waals surface area contributed by atoms with Crippen molar-refractivity contribution in [2.24, 2.45) is 0 Å². The van der Waals surface area contributed by atoms with Crippen LogP contribution >= 0.6 is 22.9 Å². The SMILES string of the molecule is [B]C(C)(O)Cn1ncc(-c2onc(-c3c(F)cccc3Cl)c2-c2nccs2)c1C(F)(F)F. The fourth-order valence-electron chi connectivity index (χ4n) is 3.19. The molecule has 4 aromatic rings. The molecule has 0 bridgehead atoms. The molecule has 32 heavy (non-hydrogen) atoms. The quantitative estimate of drug-likeness (QED) is 0.319. The van der Waals surface area contributed by atoms with Gasteiger partial charge in [0.05, 0.1) is 34.5 Å². The Balaban J connectivity index is 2.00. The smallest absolute Gasteiger partial charge is 0.398 e. The summed E-state index contributed by atoms with van der Waals surface area (Å²) in [5, 5.41) is 19.2. The maximum absolute atomic E-state index is 14.6. The van der Waals surface area contributed by atoms with Gasteiger partial charge in [0.25, 0.3) is 0 Å². The third-order valence-corrected chi connectivity index (χ3v) is 5.47. The predicted molar refractivity (Wildman–Crippen MR) is 111 cm³/mol. The second-order valence-corrected chi connectivity index (χ2v) is 8.39. The Kier molecular flexibility index (Phi) is 5.64. The number of halogens is 5. The molecular formula is C19H12BClF4N4O2S. The Morgan fingerprint density at radius 1 is 1.28 bits per heavy atom. The third kappa shape index (κ3) is 4.17. The number of hydrogen-bond donors (Lipinski definition) is 1. The van der Waals surface area contributed by atoms with E-state index < -0.39 is 35.3 Å². The van der Waals surface area contributed by atoms with E-state index in [2.05, 4.69) is 15.2 Å². The zero-order valence-electron chi connectivity index (χ0n) is 16.2. The van der Waals surface area contributed by atoms with Crippen molar-refractivity contribution >= 4 is 30.8 Å². The van der Waals surface area contributed by atoms with Gasteiger partial charge >= 0.3 is 6.18 Å². The number of thiazole rings is 1. The summed E-state index contributed by atoms with van der Waals surface area (Å²) >= 11 is 7.25. The van der Waals surface area contributed by atoms with Gasteiger partial charge in [-0.3, -0.25) is 4.68 Å². The van der Waals surface area contributed by atoms with E-state index in [9.17, 15) is 22.7 Å². The summed E-state index contributed by atoms with van der Waals surface area (Å²) < 4.78 is 62.4. The first-order valence-corrected chi connectivity index (χ1v) is 10.2. The standard InChI is InChI=1S/C19H12BClF4N4O2S/c1-18(20,30)8-29-16(19(23,24)25)9(7-27-29)15-13(17-26-5-6-32-17)14(28-31-15)12-10(21)3-2-4-11(12)22/h2-7,30H,8H2,1H3. The van der Waals surface area contributed by atoms with Crippen LogP contribution in [0.3, 0.4) is 0 Å². The Hall–Kier alpha value is -2.70. The summed E-state index contributed by atoms with van der Waals surface area (Å²) in [6, 6.07) is 3.95. The molecule has 2 radical (unpaired) electrons. The van der Waals surface area contributed by atoms with Crippen LogP contribution in [0.1, 0.15) is 12.6 Å². The van der Waals surface area contributed by atoms with Gasteiger partial charge in [-0.15, -0.1) is 11.3 Å². The molecular weight excluding hydrogens is 471 g/mol. The minimum absolute atomic E-state index is 0.00595. The van der Waals surface area contributed by atoms with Gasteiger partial charge in [-0.25, -0.2) is 9.37 Å². The van der Waals surface area contributed by atoms with E-state index in [0.717, 1.165) is 30.5 Å². The molecule has 3 heterocycles. The lowest BCUT2D eigenvalue weighted by atomic mass is 9.84. The van der Waals surface area contributed by atoms with Crippen LogP contribution in [0, 0.1) is 5.82 Å². The van der Waals surface area contributed by atoms with Crippen molar-refractivity contribution in [3.05, 3.63) is 52.5 Å². The Labute approximate surface area is 188 Å². The molecule has 13 heteroatoms. The highest BCUT2D eigenvalue weighted by Crippen LogP contribution is 2.46. The molecule has 164 valence electrons. The van der Waals surface area contributed by atoms with Gasteiger partial charge < -0.3 is 9.63 Å². The molecule has 1 unspecified atom stereocenters. The van der Waals surface area contributed by atoms with Gasteiger partial charge in [-0.05, 0) is 19.1 Å². The fraction of sp³-hybridized carbons (Fsp3) is 0.211. The highest BCUT2D eigenvalue weighted by molar-refractivity contribution is 7.13. The van der Waals surface area contributed by atoms with Gasteiger partial charge in [-0.1, -0.05) is 22.8 Å². The van der Waals surface area contributed by atoms with Crippen LogP contribution in [0.2, 0.25) is 5.02 Å². The molecule has 0 aliphatic carbocycles. The van der Waals surface area contributed by atoms with Gasteiger partial charge in [0.2, 0.25) is 0 Å². The summed E-state index contributed by atoms with van der Waals surface area (Å²) in [7, 11) is 5.48. The van der Waals surface area contributed by atoms with Gasteiger partial charge in [-0.2, -0.15) is 18.3 Å². The first-order chi connectivity index (χ1) is 15.0. The van der Waals surface area contributed by atoms with Gasteiger partial charge in [0.1, 0.15) is 24.4 Å². The summed E-state index contributed by atoms with van der Waals surface area (Å²) in [6.45, 7) is 0.497. The molecule has 4 rings (SSSR count). The average Bonchev–Trinajstić information content (AvgIpc) is 3.37. The minimum Gasteiger partial charge on any atom is -0.398 e. The molecule has 0 saturated carbocycles. The van der Waals surface area contributed by atoms with Gasteiger partial charge in [0.15, 0.2) is 11.5 Å². The molecule has 1 N–H and O–H groups in total. The Morgan fingerprint density at radius 3 is 2.62 bits per heavy atom. The zero-order valence-corrected chi connectivity index (χ0v) is 17.8. The third-order valence-electron chi connectivity index (χ3n) is 4.36. The maximum atomic E-state index is 14.6. The lowest BCUT2D eigenvalue weighted by Gasteiger charge is -2.20. The van der Waals surface area contributed by atoms with E-state index in [-0.39, 0.29) is 32.6 Å². The molecule has 0 fully saturated rings. The number of aliphatic hydroxyl groups is 1. The molecule has 0 amide bonds. The summed E-state index contributed by atoms with van der Waals surface area (Å²) in [5.74, 6) is -1.06. The average molecular weight is 483 g/mol. The van der Waals surface area contributed by atoms with Crippen LogP contribution in [0.15, 0.2) is 40.5 Å². The fourth-order valence-corrected chi connectivity index (χ4v) is 4.12. The van der Waals surface area contributed by atoms with Crippen LogP contribution in [-0.4, -0.2) is 38.4 Å². The van der Waals surface area contributed by atoms with E-state index in [1.54, 1.807) is 5.38 Å². The summed E-state index contributed by atoms with van der Waals surface area (Å²) in [6.07, 6.45) is -2.54. The molecule has 0 saturated heterocycles. The van der Waals surface area contributed by atoms with Crippen molar-refractivity contribution in [1.29, 1.82) is 0 Å². The lowest BCUT2D eigenvalue weighted by Crippen LogP contribution is -2.33. The van der Waals surface area contributed by atoms with E-state index in [4.69, 9.17) is 24.0 Å². The lowest BCUT2D eigenvalue weighted by molar-refractivity contribution is -0.144. The molecule has 1 aromatic carbocycles. The van der Waals surface area contributed by atoms with Crippen LogP contribution in [-0.2, 0) is 12.7 Å². The zero-order chi connectivity index (χ0) is 23.3. The molecule has 3 aromatic heterocycles. The van der Waals surface area contributed by atoms with Crippen LogP contribution in [0.4, 0.5) is 17.6 Å². The second-order valence-electron chi connectivity index (χ2n) is 7.09. The van der Waals surface area contributed by atoms with Crippen molar-refractivity contribution in [3.8, 4) is 33.2 Å². The highest BCUT2D eigenvalue weighted by Gasteiger charge is 2.42. The van der Waals surface area contributed by atoms with Crippen molar-refractivity contribution in [2.45, 2.75) is 25.1 Å². The predicted octanol–water partition coefficient (Wildman–Crippen LogP) is 5.02. The van der Waals surface area contributed by atoms with Crippen molar-refractivity contribution in [2.75, 3.05) is 0 Å². The van der Waals surface area contributed by atoms with E-state index in [0.29, 0.717) is 4.68 Å². The second kappa shape index (κ2) is 8.02. The monoisotopic (exact) mass is 482 g/mol. The largest absolute Gasteiger partial charge is 0.433 e. The highest BCUT2D eigenvalue weighted by atomic mass is 35.5. The van der Waals surface area contributed by atoms with Crippen molar-refractivity contribution in [3.63, 3.8) is 0 Å². The topological polar surface area (TPSA) is 77.0 Å². The Bertz CT molecular complexity index is 1250. The number of hydrogen-bond acceptors (Lipinski definition) is 6. The molecule has 0 aliphatic rings. The molecule has 0 spiro atoms. The molecule has 1 atom stereocenters. The molecule has 0 aliphatic heterocycles. The van der Waals surface area contributed by atoms with Gasteiger partial charge in [0, 0.05) is 17.1 Å². The van der Waals surface area contributed by atoms with Crippen LogP contribution < -0.4 is 0 Å². The van der Waals surface area contributed by atoms with Crippen molar-refractivity contribution < 1.29 is 27.2 Å². The van der Waals surface area contributed by atoms with Crippen LogP contribution in [0.25, 0.3) is 33.2 Å². The molecule has 6 nitrogen and oxygen atoms in total. The summed E-state index contributed by atoms with van der Waals surface area (Å²) in [4.78, 5) is 4.13. The minimum atomic E-state index is -4.89. The summed E-state index contributed by atoms with van der Waals surface area (Å²) in [5.41, 5.74) is -3.88. The van der Waals surface area contributed by atoms with E-state index in [1.165, 1.54) is 18.3 Å². The van der Waals surface area contributed by atoms with E-state index >= 15 is 0 Å². The Morgan fingerprint density at radius 2 is 2.03 bits per heavy atom. The number of aromatic nitrogens is 4. The number of alkyl halides is 3. The number of benzene rings is 1. The number of nitrogens with zero attached hydrogens (tertiary/aromatic N) is 4. The normalized spacial score (nSPS) is 14.0.